The first kappa shape index (κ1) is 13.5. The fourth-order valence-corrected chi connectivity index (χ4v) is 2.63. The second-order valence-corrected chi connectivity index (χ2v) is 5.78. The number of ether oxygens (including phenoxy) is 1. The fraction of sp³-hybridized carbons (Fsp3) is 0.308. The number of aldehydes is 1. The third-order valence-electron chi connectivity index (χ3n) is 3.18. The molecule has 0 aliphatic carbocycles. The molecule has 2 aromatic rings. The zero-order chi connectivity index (χ0) is 13.9. The molecule has 7 heteroatoms. The molecule has 1 aromatic carbocycles. The smallest absolute Gasteiger partial charge is 0.187 e. The molecule has 0 bridgehead atoms. The van der Waals surface area contributed by atoms with Gasteiger partial charge in [-0.25, -0.2) is 4.68 Å². The van der Waals surface area contributed by atoms with Gasteiger partial charge in [0.2, 0.25) is 0 Å². The standard InChI is InChI=1S/C13H13IN4O2/c14-10-1-3-11(4-2-10)18-8-12(20-13(18)9-19)7-17-6-5-15-16-17/h1-6,9,12-13H,7-8H2. The zero-order valence-electron chi connectivity index (χ0n) is 10.6. The van der Waals surface area contributed by atoms with E-state index in [1.165, 1.54) is 0 Å². The maximum atomic E-state index is 11.2. The van der Waals surface area contributed by atoms with Gasteiger partial charge in [-0.1, -0.05) is 5.21 Å². The number of benzene rings is 1. The maximum absolute atomic E-state index is 11.2. The summed E-state index contributed by atoms with van der Waals surface area (Å²) in [5.74, 6) is 0. The highest BCUT2D eigenvalue weighted by Gasteiger charge is 2.33. The molecule has 0 N–H and O–H groups in total. The van der Waals surface area contributed by atoms with Crippen molar-refractivity contribution >= 4 is 34.6 Å². The number of halogens is 1. The predicted octanol–water partition coefficient (Wildman–Crippen LogP) is 1.31. The lowest BCUT2D eigenvalue weighted by Crippen LogP contribution is -2.31. The van der Waals surface area contributed by atoms with E-state index in [0.29, 0.717) is 13.1 Å². The summed E-state index contributed by atoms with van der Waals surface area (Å²) in [7, 11) is 0. The van der Waals surface area contributed by atoms with Gasteiger partial charge in [0.1, 0.15) is 0 Å². The molecule has 1 saturated heterocycles. The highest BCUT2D eigenvalue weighted by atomic mass is 127. The number of aromatic nitrogens is 3. The molecular formula is C13H13IN4O2. The lowest BCUT2D eigenvalue weighted by Gasteiger charge is -2.20. The minimum absolute atomic E-state index is 0.0776. The molecule has 1 aliphatic rings. The van der Waals surface area contributed by atoms with Crippen molar-refractivity contribution < 1.29 is 9.53 Å². The summed E-state index contributed by atoms with van der Waals surface area (Å²) < 4.78 is 8.62. The lowest BCUT2D eigenvalue weighted by molar-refractivity contribution is -0.117. The van der Waals surface area contributed by atoms with Gasteiger partial charge in [-0.15, -0.1) is 5.10 Å². The predicted molar refractivity (Wildman–Crippen MR) is 81.3 cm³/mol. The van der Waals surface area contributed by atoms with Crippen LogP contribution >= 0.6 is 22.6 Å². The highest BCUT2D eigenvalue weighted by molar-refractivity contribution is 14.1. The average Bonchev–Trinajstić information content (AvgIpc) is 3.09. The van der Waals surface area contributed by atoms with Crippen LogP contribution in [0.2, 0.25) is 0 Å². The number of hydrogen-bond donors (Lipinski definition) is 0. The summed E-state index contributed by atoms with van der Waals surface area (Å²) >= 11 is 2.25. The quantitative estimate of drug-likeness (QED) is 0.588. The number of carbonyl (C=O) groups is 1. The van der Waals surface area contributed by atoms with Crippen LogP contribution in [0, 0.1) is 3.57 Å². The Hall–Kier alpha value is -1.48. The molecule has 20 heavy (non-hydrogen) atoms. The summed E-state index contributed by atoms with van der Waals surface area (Å²) in [5.41, 5.74) is 0.989. The van der Waals surface area contributed by atoms with Crippen molar-refractivity contribution in [3.63, 3.8) is 0 Å². The first-order valence-electron chi connectivity index (χ1n) is 6.23. The third kappa shape index (κ3) is 2.83. The Bertz CT molecular complexity index is 573. The van der Waals surface area contributed by atoms with Crippen LogP contribution in [0.1, 0.15) is 0 Å². The topological polar surface area (TPSA) is 60.3 Å². The first-order chi connectivity index (χ1) is 9.76. The second-order valence-electron chi connectivity index (χ2n) is 4.54. The maximum Gasteiger partial charge on any atom is 0.187 e. The van der Waals surface area contributed by atoms with E-state index in [2.05, 4.69) is 32.9 Å². The molecule has 0 saturated carbocycles. The van der Waals surface area contributed by atoms with E-state index < -0.39 is 6.23 Å². The summed E-state index contributed by atoms with van der Waals surface area (Å²) in [5, 5.41) is 7.68. The second kappa shape index (κ2) is 5.88. The van der Waals surface area contributed by atoms with Gasteiger partial charge in [-0.3, -0.25) is 4.79 Å². The zero-order valence-corrected chi connectivity index (χ0v) is 12.8. The van der Waals surface area contributed by atoms with E-state index in [1.54, 1.807) is 17.1 Å². The summed E-state index contributed by atoms with van der Waals surface area (Å²) in [6.45, 7) is 1.25. The Balaban J connectivity index is 1.74. The number of hydrogen-bond acceptors (Lipinski definition) is 5. The highest BCUT2D eigenvalue weighted by Crippen LogP contribution is 2.25. The molecule has 1 aromatic heterocycles. The Morgan fingerprint density at radius 2 is 2.20 bits per heavy atom. The van der Waals surface area contributed by atoms with Crippen LogP contribution < -0.4 is 4.90 Å². The van der Waals surface area contributed by atoms with Crippen molar-refractivity contribution in [2.75, 3.05) is 11.4 Å². The Labute approximate surface area is 129 Å². The van der Waals surface area contributed by atoms with Crippen molar-refractivity contribution in [3.8, 4) is 0 Å². The van der Waals surface area contributed by atoms with Crippen molar-refractivity contribution in [1.29, 1.82) is 0 Å². The van der Waals surface area contributed by atoms with E-state index in [-0.39, 0.29) is 6.10 Å². The summed E-state index contributed by atoms with van der Waals surface area (Å²) in [6, 6.07) is 8.03. The van der Waals surface area contributed by atoms with Crippen LogP contribution in [0.25, 0.3) is 0 Å². The van der Waals surface area contributed by atoms with Crippen LogP contribution in [0.4, 0.5) is 5.69 Å². The minimum Gasteiger partial charge on any atom is -0.344 e. The molecule has 0 spiro atoms. The van der Waals surface area contributed by atoms with E-state index in [0.717, 1.165) is 15.5 Å². The Kier molecular flexibility index (Phi) is 3.97. The van der Waals surface area contributed by atoms with Gasteiger partial charge in [0, 0.05) is 22.0 Å². The molecule has 1 fully saturated rings. The fourth-order valence-electron chi connectivity index (χ4n) is 2.27. The lowest BCUT2D eigenvalue weighted by atomic mass is 10.2. The molecular weight excluding hydrogens is 371 g/mol. The van der Waals surface area contributed by atoms with Gasteiger partial charge in [0.05, 0.1) is 18.8 Å². The molecule has 0 amide bonds. The van der Waals surface area contributed by atoms with E-state index in [1.807, 2.05) is 29.2 Å². The third-order valence-corrected chi connectivity index (χ3v) is 3.90. The van der Waals surface area contributed by atoms with Crippen molar-refractivity contribution in [1.82, 2.24) is 15.0 Å². The SMILES string of the molecule is O=CC1OC(Cn2ccnn2)CN1c1ccc(I)cc1. The molecule has 0 radical (unpaired) electrons. The van der Waals surface area contributed by atoms with Gasteiger partial charge < -0.3 is 9.64 Å². The minimum atomic E-state index is -0.538. The number of rotatable bonds is 4. The van der Waals surface area contributed by atoms with Crippen molar-refractivity contribution in [2.45, 2.75) is 18.9 Å². The van der Waals surface area contributed by atoms with Crippen LogP contribution in [0.15, 0.2) is 36.7 Å². The van der Waals surface area contributed by atoms with E-state index >= 15 is 0 Å². The van der Waals surface area contributed by atoms with Crippen LogP contribution in [0.3, 0.4) is 0 Å². The van der Waals surface area contributed by atoms with Gasteiger partial charge >= 0.3 is 0 Å². The van der Waals surface area contributed by atoms with Gasteiger partial charge in [-0.2, -0.15) is 0 Å². The van der Waals surface area contributed by atoms with Gasteiger partial charge in [0.15, 0.2) is 12.5 Å². The first-order valence-corrected chi connectivity index (χ1v) is 7.31. The number of anilines is 1. The molecule has 2 atom stereocenters. The van der Waals surface area contributed by atoms with Crippen molar-refractivity contribution in [3.05, 3.63) is 40.2 Å². The molecule has 104 valence electrons. The molecule has 3 rings (SSSR count). The monoisotopic (exact) mass is 384 g/mol. The average molecular weight is 384 g/mol. The largest absolute Gasteiger partial charge is 0.344 e. The Morgan fingerprint density at radius 1 is 1.40 bits per heavy atom. The van der Waals surface area contributed by atoms with E-state index in [4.69, 9.17) is 4.74 Å². The molecule has 6 nitrogen and oxygen atoms in total. The summed E-state index contributed by atoms with van der Waals surface area (Å²) in [6.07, 6.45) is 3.63. The van der Waals surface area contributed by atoms with Crippen molar-refractivity contribution in [2.24, 2.45) is 0 Å². The van der Waals surface area contributed by atoms with Crippen LogP contribution in [0.5, 0.6) is 0 Å². The normalized spacial score (nSPS) is 22.1. The molecule has 1 aliphatic heterocycles. The number of nitrogens with zero attached hydrogens (tertiary/aromatic N) is 4. The van der Waals surface area contributed by atoms with Gasteiger partial charge in [0.25, 0.3) is 0 Å². The van der Waals surface area contributed by atoms with Crippen LogP contribution in [-0.4, -0.2) is 40.2 Å². The van der Waals surface area contributed by atoms with Crippen LogP contribution in [-0.2, 0) is 16.1 Å². The Morgan fingerprint density at radius 3 is 2.85 bits per heavy atom. The molecule has 2 unspecified atom stereocenters. The molecule has 2 heterocycles. The summed E-state index contributed by atoms with van der Waals surface area (Å²) in [4.78, 5) is 13.2. The number of carbonyl (C=O) groups excluding carboxylic acids is 1. The van der Waals surface area contributed by atoms with Gasteiger partial charge in [-0.05, 0) is 46.9 Å². The van der Waals surface area contributed by atoms with E-state index in [9.17, 15) is 4.79 Å².